The van der Waals surface area contributed by atoms with Crippen LogP contribution in [0.4, 0.5) is 19.1 Å². The fraction of sp³-hybridized carbons (Fsp3) is 0.158. The lowest BCUT2D eigenvalue weighted by atomic mass is 10.1. The van der Waals surface area contributed by atoms with Crippen LogP contribution in [0.25, 0.3) is 33.9 Å². The maximum atomic E-state index is 14.5. The number of tetrazole rings is 1. The van der Waals surface area contributed by atoms with E-state index in [0.717, 1.165) is 5.52 Å². The molecule has 2 aromatic carbocycles. The van der Waals surface area contributed by atoms with Crippen molar-refractivity contribution in [1.29, 1.82) is 0 Å². The molecule has 10 nitrogen and oxygen atoms in total. The average Bonchev–Trinajstić information content (AvgIpc) is 3.48. The maximum Gasteiger partial charge on any atom is 0.314 e. The fourth-order valence-electron chi connectivity index (χ4n) is 3.21. The predicted octanol–water partition coefficient (Wildman–Crippen LogP) is 2.98. The van der Waals surface area contributed by atoms with Gasteiger partial charge in [-0.05, 0) is 41.1 Å². The highest BCUT2D eigenvalue weighted by Gasteiger charge is 2.19. The zero-order valence-corrected chi connectivity index (χ0v) is 16.4. The van der Waals surface area contributed by atoms with Gasteiger partial charge < -0.3 is 14.7 Å². The minimum atomic E-state index is -2.93. The van der Waals surface area contributed by atoms with Crippen molar-refractivity contribution in [2.45, 2.75) is 13.0 Å². The molecule has 0 aliphatic rings. The van der Waals surface area contributed by atoms with Crippen LogP contribution < -0.4 is 5.73 Å². The van der Waals surface area contributed by atoms with E-state index in [-0.39, 0.29) is 18.0 Å². The highest BCUT2D eigenvalue weighted by molar-refractivity contribution is 5.82. The largest absolute Gasteiger partial charge is 0.415 e. The summed E-state index contributed by atoms with van der Waals surface area (Å²) >= 11 is 0. The first kappa shape index (κ1) is 19.7. The van der Waals surface area contributed by atoms with Crippen LogP contribution in [0.5, 0.6) is 0 Å². The van der Waals surface area contributed by atoms with Gasteiger partial charge in [-0.3, -0.25) is 0 Å². The molecule has 0 amide bonds. The smallest absolute Gasteiger partial charge is 0.314 e. The van der Waals surface area contributed by atoms with Crippen LogP contribution in [0.2, 0.25) is 0 Å². The Morgan fingerprint density at radius 1 is 1.09 bits per heavy atom. The van der Waals surface area contributed by atoms with E-state index in [9.17, 15) is 13.2 Å². The molecule has 13 heteroatoms. The zero-order chi connectivity index (χ0) is 22.4. The van der Waals surface area contributed by atoms with Crippen LogP contribution in [-0.2, 0) is 13.6 Å². The van der Waals surface area contributed by atoms with E-state index in [0.29, 0.717) is 28.4 Å². The van der Waals surface area contributed by atoms with Crippen molar-refractivity contribution in [3.63, 3.8) is 0 Å². The SMILES string of the molecule is Cn1c(N)nc2cc(-c3nnn(Cc4ccc(-c5nnc(C(F)F)o5)c(F)c4)n3)ccc21. The van der Waals surface area contributed by atoms with E-state index in [4.69, 9.17) is 10.2 Å². The summed E-state index contributed by atoms with van der Waals surface area (Å²) in [5.74, 6) is -1.13. The van der Waals surface area contributed by atoms with Gasteiger partial charge >= 0.3 is 6.43 Å². The Balaban J connectivity index is 1.36. The van der Waals surface area contributed by atoms with Gasteiger partial charge in [-0.1, -0.05) is 6.07 Å². The number of nitrogens with two attached hydrogens (primary N) is 1. The van der Waals surface area contributed by atoms with Crippen molar-refractivity contribution >= 4 is 17.0 Å². The third-order valence-corrected chi connectivity index (χ3v) is 4.84. The highest BCUT2D eigenvalue weighted by Crippen LogP contribution is 2.26. The third kappa shape index (κ3) is 3.42. The van der Waals surface area contributed by atoms with E-state index < -0.39 is 18.1 Å². The van der Waals surface area contributed by atoms with Crippen LogP contribution in [0.15, 0.2) is 40.8 Å². The molecule has 0 saturated heterocycles. The van der Waals surface area contributed by atoms with Gasteiger partial charge in [-0.2, -0.15) is 13.6 Å². The second-order valence-electron chi connectivity index (χ2n) is 6.94. The molecule has 2 N–H and O–H groups in total. The number of aryl methyl sites for hydroxylation is 1. The Morgan fingerprint density at radius 3 is 2.69 bits per heavy atom. The first-order chi connectivity index (χ1) is 15.4. The van der Waals surface area contributed by atoms with Crippen molar-refractivity contribution in [1.82, 2.24) is 40.0 Å². The molecule has 3 heterocycles. The lowest BCUT2D eigenvalue weighted by Gasteiger charge is -2.03. The lowest BCUT2D eigenvalue weighted by molar-refractivity contribution is 0.116. The van der Waals surface area contributed by atoms with E-state index in [2.05, 4.69) is 30.6 Å². The minimum absolute atomic E-state index is 0.0803. The number of hydrogen-bond donors (Lipinski definition) is 1. The summed E-state index contributed by atoms with van der Waals surface area (Å²) in [7, 11) is 1.82. The molecule has 162 valence electrons. The normalized spacial score (nSPS) is 11.7. The molecule has 5 rings (SSSR count). The van der Waals surface area contributed by atoms with Crippen molar-refractivity contribution in [2.24, 2.45) is 7.05 Å². The van der Waals surface area contributed by atoms with E-state index in [1.807, 2.05) is 19.2 Å². The Bertz CT molecular complexity index is 1440. The molecule has 5 aromatic rings. The molecule has 0 fully saturated rings. The Hall–Kier alpha value is -4.29. The number of imidazole rings is 1. The van der Waals surface area contributed by atoms with Crippen molar-refractivity contribution in [3.05, 3.63) is 53.7 Å². The molecule has 0 bridgehead atoms. The number of benzene rings is 2. The van der Waals surface area contributed by atoms with E-state index in [1.54, 1.807) is 16.7 Å². The van der Waals surface area contributed by atoms with Gasteiger partial charge in [0.2, 0.25) is 11.8 Å². The van der Waals surface area contributed by atoms with Crippen molar-refractivity contribution in [3.8, 4) is 22.8 Å². The Kier molecular flexibility index (Phi) is 4.57. The van der Waals surface area contributed by atoms with Crippen LogP contribution in [0.1, 0.15) is 17.9 Å². The number of fused-ring (bicyclic) bond motifs is 1. The second kappa shape index (κ2) is 7.44. The Morgan fingerprint density at radius 2 is 1.94 bits per heavy atom. The van der Waals surface area contributed by atoms with Crippen molar-refractivity contribution in [2.75, 3.05) is 5.73 Å². The van der Waals surface area contributed by atoms with Gasteiger partial charge in [0.25, 0.3) is 11.8 Å². The zero-order valence-electron chi connectivity index (χ0n) is 16.4. The van der Waals surface area contributed by atoms with Gasteiger partial charge in [0.05, 0.1) is 23.1 Å². The van der Waals surface area contributed by atoms with Gasteiger partial charge in [0.1, 0.15) is 5.82 Å². The fourth-order valence-corrected chi connectivity index (χ4v) is 3.21. The van der Waals surface area contributed by atoms with Gasteiger partial charge in [0.15, 0.2) is 0 Å². The lowest BCUT2D eigenvalue weighted by Crippen LogP contribution is -2.04. The van der Waals surface area contributed by atoms with Gasteiger partial charge in [0, 0.05) is 12.6 Å². The summed E-state index contributed by atoms with van der Waals surface area (Å²) in [6.45, 7) is 0.134. The number of rotatable bonds is 5. The summed E-state index contributed by atoms with van der Waals surface area (Å²) < 4.78 is 46.3. The first-order valence-corrected chi connectivity index (χ1v) is 9.29. The average molecular weight is 441 g/mol. The quantitative estimate of drug-likeness (QED) is 0.441. The monoisotopic (exact) mass is 441 g/mol. The molecule has 0 spiro atoms. The minimum Gasteiger partial charge on any atom is -0.415 e. The number of aromatic nitrogens is 8. The predicted molar refractivity (Wildman–Crippen MR) is 106 cm³/mol. The number of halogens is 3. The standard InChI is InChI=1S/C19H14F3N9O/c1-30-14-5-3-10(7-13(14)24-19(30)23)16-25-29-31(28-16)8-9-2-4-11(12(20)6-9)17-26-27-18(32-17)15(21)22/h2-7,15H,8H2,1H3,(H2,23,24). The van der Waals surface area contributed by atoms with Crippen LogP contribution >= 0.6 is 0 Å². The molecule has 0 radical (unpaired) electrons. The number of nitrogen functional groups attached to an aromatic ring is 1. The third-order valence-electron chi connectivity index (χ3n) is 4.84. The molecule has 0 atom stereocenters. The summed E-state index contributed by atoms with van der Waals surface area (Å²) in [6, 6.07) is 9.66. The second-order valence-corrected chi connectivity index (χ2v) is 6.94. The number of anilines is 1. The van der Waals surface area contributed by atoms with Crippen LogP contribution in [-0.4, -0.2) is 40.0 Å². The molecule has 0 saturated carbocycles. The van der Waals surface area contributed by atoms with E-state index >= 15 is 0 Å². The summed E-state index contributed by atoms with van der Waals surface area (Å²) in [5.41, 5.74) is 8.55. The molecular weight excluding hydrogens is 427 g/mol. The molecule has 0 unspecified atom stereocenters. The van der Waals surface area contributed by atoms with Crippen LogP contribution in [0, 0.1) is 5.82 Å². The summed E-state index contributed by atoms with van der Waals surface area (Å²) in [6.07, 6.45) is -2.93. The van der Waals surface area contributed by atoms with Gasteiger partial charge in [-0.25, -0.2) is 9.37 Å². The first-order valence-electron chi connectivity index (χ1n) is 9.29. The maximum absolute atomic E-state index is 14.5. The Labute approximate surface area is 177 Å². The summed E-state index contributed by atoms with van der Waals surface area (Å²) in [5, 5.41) is 19.0. The molecular formula is C19H14F3N9O. The van der Waals surface area contributed by atoms with Crippen LogP contribution in [0.3, 0.4) is 0 Å². The molecule has 3 aromatic heterocycles. The molecule has 32 heavy (non-hydrogen) atoms. The molecule has 0 aliphatic carbocycles. The molecule has 0 aliphatic heterocycles. The number of nitrogens with zero attached hydrogens (tertiary/aromatic N) is 8. The topological polar surface area (TPSA) is 126 Å². The number of hydrogen-bond acceptors (Lipinski definition) is 8. The van der Waals surface area contributed by atoms with E-state index in [1.165, 1.54) is 16.9 Å². The van der Waals surface area contributed by atoms with Gasteiger partial charge in [-0.15, -0.1) is 20.4 Å². The van der Waals surface area contributed by atoms with Crippen molar-refractivity contribution < 1.29 is 17.6 Å². The summed E-state index contributed by atoms with van der Waals surface area (Å²) in [4.78, 5) is 5.59. The highest BCUT2D eigenvalue weighted by atomic mass is 19.3. The number of alkyl halides is 2.